The van der Waals surface area contributed by atoms with Gasteiger partial charge in [-0.1, -0.05) is 30.3 Å². The number of anilines is 2. The van der Waals surface area contributed by atoms with Gasteiger partial charge in [0.05, 0.1) is 0 Å². The van der Waals surface area contributed by atoms with Gasteiger partial charge < -0.3 is 10.2 Å². The molecule has 0 aromatic heterocycles. The lowest BCUT2D eigenvalue weighted by Gasteiger charge is -2.23. The molecule has 0 unspecified atom stereocenters. The van der Waals surface area contributed by atoms with Crippen molar-refractivity contribution in [2.75, 3.05) is 24.3 Å². The molecule has 130 valence electrons. The van der Waals surface area contributed by atoms with Crippen molar-refractivity contribution in [3.63, 3.8) is 0 Å². The van der Waals surface area contributed by atoms with Crippen LogP contribution >= 0.6 is 0 Å². The van der Waals surface area contributed by atoms with E-state index < -0.39 is 6.04 Å². The smallest absolute Gasteiger partial charge is 0.247 e. The standard InChI is InChI=1S/C20H23N3O2/c1-14(24)23-18-10-5-4-8-16(18)12-19(23)20(25)21-17-9-6-7-15(11-17)13-22(2)3/h4-11,19H,12-13H2,1-3H3,(H,21,25)/t19-/m0/s1. The van der Waals surface area contributed by atoms with Crippen molar-refractivity contribution in [1.29, 1.82) is 0 Å². The molecule has 1 N–H and O–H groups in total. The first kappa shape index (κ1) is 17.2. The predicted octanol–water partition coefficient (Wildman–Crippen LogP) is 2.66. The van der Waals surface area contributed by atoms with Crippen LogP contribution in [0.2, 0.25) is 0 Å². The van der Waals surface area contributed by atoms with Gasteiger partial charge in [0.25, 0.3) is 0 Å². The van der Waals surface area contributed by atoms with Crippen molar-refractivity contribution in [3.05, 3.63) is 59.7 Å². The summed E-state index contributed by atoms with van der Waals surface area (Å²) in [6.07, 6.45) is 0.541. The summed E-state index contributed by atoms with van der Waals surface area (Å²) in [5.41, 5.74) is 3.74. The minimum atomic E-state index is -0.507. The second-order valence-corrected chi connectivity index (χ2v) is 6.67. The van der Waals surface area contributed by atoms with Gasteiger partial charge in [-0.25, -0.2) is 0 Å². The van der Waals surface area contributed by atoms with Crippen LogP contribution in [0.25, 0.3) is 0 Å². The van der Waals surface area contributed by atoms with Gasteiger partial charge in [-0.3, -0.25) is 14.5 Å². The molecule has 5 nitrogen and oxygen atoms in total. The highest BCUT2D eigenvalue weighted by molar-refractivity contribution is 6.06. The molecule has 0 saturated heterocycles. The predicted molar refractivity (Wildman–Crippen MR) is 99.6 cm³/mol. The van der Waals surface area contributed by atoms with Crippen molar-refractivity contribution in [2.24, 2.45) is 0 Å². The third kappa shape index (κ3) is 3.72. The number of hydrogen-bond acceptors (Lipinski definition) is 3. The minimum absolute atomic E-state index is 0.119. The molecule has 2 aromatic rings. The Kier molecular flexibility index (Phi) is 4.86. The fraction of sp³-hybridized carbons (Fsp3) is 0.300. The number of fused-ring (bicyclic) bond motifs is 1. The first-order chi connectivity index (χ1) is 12.0. The highest BCUT2D eigenvalue weighted by Gasteiger charge is 2.36. The molecule has 2 aromatic carbocycles. The maximum Gasteiger partial charge on any atom is 0.247 e. The Morgan fingerprint density at radius 1 is 1.16 bits per heavy atom. The lowest BCUT2D eigenvalue weighted by Crippen LogP contribution is -2.44. The second kappa shape index (κ2) is 7.07. The van der Waals surface area contributed by atoms with E-state index in [1.165, 1.54) is 6.92 Å². The van der Waals surface area contributed by atoms with E-state index in [1.54, 1.807) is 4.90 Å². The monoisotopic (exact) mass is 337 g/mol. The second-order valence-electron chi connectivity index (χ2n) is 6.67. The Morgan fingerprint density at radius 3 is 2.64 bits per heavy atom. The Labute approximate surface area is 148 Å². The normalized spacial score (nSPS) is 16.0. The molecule has 0 bridgehead atoms. The lowest BCUT2D eigenvalue weighted by atomic mass is 10.1. The fourth-order valence-electron chi connectivity index (χ4n) is 3.32. The highest BCUT2D eigenvalue weighted by Crippen LogP contribution is 2.32. The first-order valence-corrected chi connectivity index (χ1v) is 8.38. The van der Waals surface area contributed by atoms with Crippen molar-refractivity contribution in [1.82, 2.24) is 4.90 Å². The number of carbonyl (C=O) groups excluding carboxylic acids is 2. The number of para-hydroxylation sites is 1. The van der Waals surface area contributed by atoms with Crippen molar-refractivity contribution in [3.8, 4) is 0 Å². The Hall–Kier alpha value is -2.66. The molecule has 1 aliphatic heterocycles. The van der Waals surface area contributed by atoms with Gasteiger partial charge in [-0.2, -0.15) is 0 Å². The van der Waals surface area contributed by atoms with Gasteiger partial charge in [0.1, 0.15) is 6.04 Å². The topological polar surface area (TPSA) is 52.7 Å². The van der Waals surface area contributed by atoms with E-state index in [9.17, 15) is 9.59 Å². The van der Waals surface area contributed by atoms with Crippen molar-refractivity contribution in [2.45, 2.75) is 25.9 Å². The number of hydrogen-bond donors (Lipinski definition) is 1. The summed E-state index contributed by atoms with van der Waals surface area (Å²) < 4.78 is 0. The zero-order valence-corrected chi connectivity index (χ0v) is 14.8. The van der Waals surface area contributed by atoms with Gasteiger partial charge in [-0.05, 0) is 43.4 Å². The number of benzene rings is 2. The summed E-state index contributed by atoms with van der Waals surface area (Å²) >= 11 is 0. The summed E-state index contributed by atoms with van der Waals surface area (Å²) in [6, 6.07) is 15.0. The summed E-state index contributed by atoms with van der Waals surface area (Å²) in [6.45, 7) is 2.30. The van der Waals surface area contributed by atoms with E-state index in [0.29, 0.717) is 6.42 Å². The Morgan fingerprint density at radius 2 is 1.92 bits per heavy atom. The van der Waals surface area contributed by atoms with E-state index in [0.717, 1.165) is 29.0 Å². The molecule has 1 atom stereocenters. The molecule has 25 heavy (non-hydrogen) atoms. The molecule has 1 aliphatic rings. The lowest BCUT2D eigenvalue weighted by molar-refractivity contribution is -0.122. The summed E-state index contributed by atoms with van der Waals surface area (Å²) in [5, 5.41) is 2.97. The summed E-state index contributed by atoms with van der Waals surface area (Å²) in [7, 11) is 4.01. The molecular formula is C20H23N3O2. The van der Waals surface area contributed by atoms with E-state index in [1.807, 2.05) is 62.6 Å². The van der Waals surface area contributed by atoms with Crippen LogP contribution in [0.5, 0.6) is 0 Å². The zero-order valence-electron chi connectivity index (χ0n) is 14.8. The van der Waals surface area contributed by atoms with Gasteiger partial charge in [0, 0.05) is 31.3 Å². The number of nitrogens with one attached hydrogen (secondary N) is 1. The minimum Gasteiger partial charge on any atom is -0.324 e. The van der Waals surface area contributed by atoms with Crippen LogP contribution < -0.4 is 10.2 Å². The maximum atomic E-state index is 12.8. The van der Waals surface area contributed by atoms with E-state index in [2.05, 4.69) is 10.2 Å². The molecule has 0 radical (unpaired) electrons. The summed E-state index contributed by atoms with van der Waals surface area (Å²) in [4.78, 5) is 28.6. The largest absolute Gasteiger partial charge is 0.324 e. The van der Waals surface area contributed by atoms with Gasteiger partial charge >= 0.3 is 0 Å². The van der Waals surface area contributed by atoms with Crippen LogP contribution in [0.15, 0.2) is 48.5 Å². The van der Waals surface area contributed by atoms with Crippen LogP contribution in [0, 0.1) is 0 Å². The van der Waals surface area contributed by atoms with Crippen molar-refractivity contribution < 1.29 is 9.59 Å². The molecule has 2 amide bonds. The molecule has 0 saturated carbocycles. The van der Waals surface area contributed by atoms with Crippen LogP contribution in [0.4, 0.5) is 11.4 Å². The summed E-state index contributed by atoms with van der Waals surface area (Å²) in [5.74, 6) is -0.278. The average Bonchev–Trinajstić information content (AvgIpc) is 2.94. The first-order valence-electron chi connectivity index (χ1n) is 8.38. The Balaban J connectivity index is 1.79. The number of amides is 2. The average molecular weight is 337 g/mol. The SMILES string of the molecule is CC(=O)N1c2ccccc2C[C@H]1C(=O)Nc1cccc(CN(C)C)c1. The third-order valence-electron chi connectivity index (χ3n) is 4.31. The molecular weight excluding hydrogens is 314 g/mol. The third-order valence-corrected chi connectivity index (χ3v) is 4.31. The van der Waals surface area contributed by atoms with Crippen LogP contribution in [-0.4, -0.2) is 36.9 Å². The number of carbonyl (C=O) groups is 2. The molecule has 0 aliphatic carbocycles. The zero-order chi connectivity index (χ0) is 18.0. The van der Waals surface area contributed by atoms with Gasteiger partial charge in [0.2, 0.25) is 11.8 Å². The fourth-order valence-corrected chi connectivity index (χ4v) is 3.32. The van der Waals surface area contributed by atoms with Gasteiger partial charge in [0.15, 0.2) is 0 Å². The molecule has 0 fully saturated rings. The van der Waals surface area contributed by atoms with E-state index in [-0.39, 0.29) is 11.8 Å². The van der Waals surface area contributed by atoms with Crippen LogP contribution in [0.1, 0.15) is 18.1 Å². The van der Waals surface area contributed by atoms with Crippen molar-refractivity contribution >= 4 is 23.2 Å². The number of nitrogens with zero attached hydrogens (tertiary/aromatic N) is 2. The molecule has 5 heteroatoms. The van der Waals surface area contributed by atoms with Crippen LogP contribution in [0.3, 0.4) is 0 Å². The molecule has 1 heterocycles. The highest BCUT2D eigenvalue weighted by atomic mass is 16.2. The van der Waals surface area contributed by atoms with E-state index in [4.69, 9.17) is 0 Å². The maximum absolute atomic E-state index is 12.8. The van der Waals surface area contributed by atoms with Gasteiger partial charge in [-0.15, -0.1) is 0 Å². The van der Waals surface area contributed by atoms with E-state index >= 15 is 0 Å². The molecule has 0 spiro atoms. The van der Waals surface area contributed by atoms with Crippen LogP contribution in [-0.2, 0) is 22.6 Å². The molecule has 3 rings (SSSR count). The quantitative estimate of drug-likeness (QED) is 0.933. The number of rotatable bonds is 4. The Bertz CT molecular complexity index is 801.